The van der Waals surface area contributed by atoms with E-state index in [1.54, 1.807) is 6.07 Å². The minimum absolute atomic E-state index is 0.0400. The Kier molecular flexibility index (Phi) is 6.52. The van der Waals surface area contributed by atoms with E-state index < -0.39 is 29.2 Å². The van der Waals surface area contributed by atoms with E-state index in [1.807, 2.05) is 0 Å². The molecular weight excluding hydrogens is 582 g/mol. The van der Waals surface area contributed by atoms with Gasteiger partial charge in [-0.15, -0.1) is 6.42 Å². The van der Waals surface area contributed by atoms with Gasteiger partial charge >= 0.3 is 6.01 Å². The Balaban J connectivity index is 1.30. The molecule has 5 heterocycles. The molecule has 1 aromatic heterocycles. The van der Waals surface area contributed by atoms with E-state index in [4.69, 9.17) is 16.1 Å². The van der Waals surface area contributed by atoms with Crippen LogP contribution < -0.4 is 15.0 Å². The number of nitrogens with one attached hydrogen (secondary N) is 1. The van der Waals surface area contributed by atoms with Gasteiger partial charge in [0.25, 0.3) is 0 Å². The number of terminal acetylenes is 1. The van der Waals surface area contributed by atoms with Crippen molar-refractivity contribution in [3.8, 4) is 29.5 Å². The number of aromatic nitrogens is 2. The second-order valence-corrected chi connectivity index (χ2v) is 13.4. The minimum Gasteiger partial charge on any atom is -0.461 e. The fourth-order valence-corrected chi connectivity index (χ4v) is 8.36. The average Bonchev–Trinajstić information content (AvgIpc) is 3.64. The summed E-state index contributed by atoms with van der Waals surface area (Å²) in [4.78, 5) is 13.5. The smallest absolute Gasteiger partial charge is 0.319 e. The van der Waals surface area contributed by atoms with E-state index >= 15 is 8.78 Å². The van der Waals surface area contributed by atoms with Gasteiger partial charge in [0.2, 0.25) is 0 Å². The number of rotatable bonds is 5. The molecule has 0 radical (unpaired) electrons. The normalized spacial score (nSPS) is 27.8. The highest BCUT2D eigenvalue weighted by atomic mass is 19.1. The Hall–Kier alpha value is -3.94. The lowest BCUT2D eigenvalue weighted by atomic mass is 9.93. The predicted molar refractivity (Wildman–Crippen MR) is 166 cm³/mol. The van der Waals surface area contributed by atoms with Gasteiger partial charge in [0.1, 0.15) is 35.7 Å². The van der Waals surface area contributed by atoms with Gasteiger partial charge < -0.3 is 15.0 Å². The number of hydrogen-bond acceptors (Lipinski definition) is 6. The van der Waals surface area contributed by atoms with E-state index in [0.29, 0.717) is 37.4 Å². The van der Waals surface area contributed by atoms with Crippen LogP contribution in [0.25, 0.3) is 32.8 Å². The number of halogens is 4. The molecule has 4 saturated heterocycles. The first kappa shape index (κ1) is 28.5. The molecule has 2 bridgehead atoms. The number of benzene rings is 3. The van der Waals surface area contributed by atoms with Crippen molar-refractivity contribution in [2.24, 2.45) is 0 Å². The molecule has 45 heavy (non-hydrogen) atoms. The van der Waals surface area contributed by atoms with Crippen LogP contribution in [0.4, 0.5) is 23.4 Å². The molecular formula is C35H33F4N5O. The van der Waals surface area contributed by atoms with Gasteiger partial charge in [-0.2, -0.15) is 9.97 Å². The van der Waals surface area contributed by atoms with Crippen LogP contribution in [-0.2, 0) is 0 Å². The van der Waals surface area contributed by atoms with Crippen molar-refractivity contribution in [1.82, 2.24) is 20.2 Å². The highest BCUT2D eigenvalue weighted by Crippen LogP contribution is 2.43. The fraction of sp³-hybridized carbons (Fsp3) is 0.429. The van der Waals surface area contributed by atoms with Gasteiger partial charge in [-0.3, -0.25) is 4.90 Å². The van der Waals surface area contributed by atoms with Crippen LogP contribution >= 0.6 is 0 Å². The summed E-state index contributed by atoms with van der Waals surface area (Å²) >= 11 is 0. The lowest BCUT2D eigenvalue weighted by Gasteiger charge is -2.40. The monoisotopic (exact) mass is 615 g/mol. The summed E-state index contributed by atoms with van der Waals surface area (Å²) in [5.74, 6) is 0.634. The zero-order valence-corrected chi connectivity index (χ0v) is 25.0. The number of alkyl halides is 1. The summed E-state index contributed by atoms with van der Waals surface area (Å²) < 4.78 is 68.6. The van der Waals surface area contributed by atoms with Crippen molar-refractivity contribution in [2.75, 3.05) is 37.7 Å². The van der Waals surface area contributed by atoms with Gasteiger partial charge in [0.05, 0.1) is 11.1 Å². The van der Waals surface area contributed by atoms with Gasteiger partial charge in [0.15, 0.2) is 5.82 Å². The van der Waals surface area contributed by atoms with Crippen LogP contribution in [0.5, 0.6) is 6.01 Å². The summed E-state index contributed by atoms with van der Waals surface area (Å²) in [7, 11) is 0. The Bertz CT molecular complexity index is 1910. The molecule has 0 aliphatic carbocycles. The molecule has 3 aromatic carbocycles. The van der Waals surface area contributed by atoms with Crippen LogP contribution in [0.1, 0.15) is 44.6 Å². The first-order chi connectivity index (χ1) is 21.7. The van der Waals surface area contributed by atoms with Crippen LogP contribution in [-0.4, -0.2) is 70.9 Å². The molecule has 4 aliphatic heterocycles. The third kappa shape index (κ3) is 4.54. The number of nitrogens with zero attached hydrogens (tertiary/aromatic N) is 4. The van der Waals surface area contributed by atoms with Gasteiger partial charge in [-0.25, -0.2) is 17.6 Å². The lowest BCUT2D eigenvalue weighted by Crippen LogP contribution is -2.58. The summed E-state index contributed by atoms with van der Waals surface area (Å²) in [5.41, 5.74) is -0.623. The second-order valence-electron chi connectivity index (χ2n) is 13.4. The molecule has 1 unspecified atom stereocenters. The topological polar surface area (TPSA) is 53.5 Å². The molecule has 4 aromatic rings. The van der Waals surface area contributed by atoms with E-state index in [-0.39, 0.29) is 57.0 Å². The molecule has 0 spiro atoms. The molecule has 232 valence electrons. The van der Waals surface area contributed by atoms with Crippen molar-refractivity contribution in [1.29, 1.82) is 0 Å². The summed E-state index contributed by atoms with van der Waals surface area (Å²) in [6.07, 6.45) is 8.88. The number of hydrogen-bond donors (Lipinski definition) is 1. The zero-order chi connectivity index (χ0) is 31.1. The van der Waals surface area contributed by atoms with Crippen molar-refractivity contribution in [2.45, 2.75) is 62.3 Å². The molecule has 4 atom stereocenters. The van der Waals surface area contributed by atoms with Crippen LogP contribution in [0, 0.1) is 29.8 Å². The molecule has 6 nitrogen and oxygen atoms in total. The first-order valence-electron chi connectivity index (χ1n) is 15.6. The van der Waals surface area contributed by atoms with Gasteiger partial charge in [0, 0.05) is 59.4 Å². The van der Waals surface area contributed by atoms with Crippen LogP contribution in [0.15, 0.2) is 36.4 Å². The summed E-state index contributed by atoms with van der Waals surface area (Å²) in [5, 5.41) is 4.29. The zero-order valence-electron chi connectivity index (χ0n) is 25.0. The van der Waals surface area contributed by atoms with Crippen molar-refractivity contribution in [3.63, 3.8) is 0 Å². The van der Waals surface area contributed by atoms with Crippen molar-refractivity contribution >= 4 is 27.5 Å². The number of fused-ring (bicyclic) bond motifs is 5. The van der Waals surface area contributed by atoms with Gasteiger partial charge in [-0.1, -0.05) is 24.1 Å². The lowest BCUT2D eigenvalue weighted by molar-refractivity contribution is 0.107. The molecule has 4 fully saturated rings. The number of piperazine rings is 1. The van der Waals surface area contributed by atoms with Crippen LogP contribution in [0.2, 0.25) is 0 Å². The fourth-order valence-electron chi connectivity index (χ4n) is 8.36. The van der Waals surface area contributed by atoms with E-state index in [1.165, 1.54) is 30.3 Å². The third-order valence-electron chi connectivity index (χ3n) is 10.4. The summed E-state index contributed by atoms with van der Waals surface area (Å²) in [6.45, 7) is 4.69. The summed E-state index contributed by atoms with van der Waals surface area (Å²) in [6, 6.07) is 8.73. The van der Waals surface area contributed by atoms with Crippen LogP contribution in [0.3, 0.4) is 0 Å². The Morgan fingerprint density at radius 1 is 1.09 bits per heavy atom. The molecule has 0 amide bonds. The van der Waals surface area contributed by atoms with Gasteiger partial charge in [-0.05, 0) is 62.9 Å². The first-order valence-corrected chi connectivity index (χ1v) is 15.6. The molecule has 0 saturated carbocycles. The maximum absolute atomic E-state index is 16.8. The highest BCUT2D eigenvalue weighted by Gasteiger charge is 2.49. The number of ether oxygens (including phenoxy) is 1. The predicted octanol–water partition coefficient (Wildman–Crippen LogP) is 6.13. The quantitative estimate of drug-likeness (QED) is 0.215. The van der Waals surface area contributed by atoms with E-state index in [2.05, 4.69) is 32.9 Å². The van der Waals surface area contributed by atoms with Crippen molar-refractivity contribution in [3.05, 3.63) is 59.4 Å². The Morgan fingerprint density at radius 3 is 2.78 bits per heavy atom. The maximum atomic E-state index is 16.8. The van der Waals surface area contributed by atoms with Crippen molar-refractivity contribution < 1.29 is 22.3 Å². The second kappa shape index (κ2) is 10.3. The third-order valence-corrected chi connectivity index (χ3v) is 10.4. The maximum Gasteiger partial charge on any atom is 0.319 e. The molecule has 1 N–H and O–H groups in total. The Morgan fingerprint density at radius 2 is 1.96 bits per heavy atom. The molecule has 8 rings (SSSR count). The minimum atomic E-state index is -0.930. The standard InChI is InChI=1S/C35H33F4N5O/c1-3-20-8-9-26(37)23-6-4-7-24(28(20)23)29-27(38)14-25-31(30(29)39)40-33(45-19-35-11-5-13-44(35)16-21(36)15-35)41-32(25)43-17-22-10-12-34(2,18-43)42-22/h1,4,6-9,14,21-22,42H,5,10-13,15-19H2,2H3/t21-,22?,34+,35+/m1/s1. The Labute approximate surface area is 258 Å². The molecule has 4 aliphatic rings. The number of anilines is 1. The molecule has 10 heteroatoms. The van der Waals surface area contributed by atoms with E-state index in [0.717, 1.165) is 32.2 Å². The largest absolute Gasteiger partial charge is 0.461 e. The van der Waals surface area contributed by atoms with E-state index in [9.17, 15) is 8.78 Å². The average molecular weight is 616 g/mol. The SMILES string of the molecule is C#Cc1ccc(F)c2cccc(-c3c(F)cc4c(N5CC6CC[C@@](C)(C5)N6)nc(OC[C@@]56CCCN5C[C@H](F)C6)nc4c3F)c12. The highest BCUT2D eigenvalue weighted by molar-refractivity contribution is 6.03.